The predicted octanol–water partition coefficient (Wildman–Crippen LogP) is 3.43. The van der Waals surface area contributed by atoms with Crippen molar-refractivity contribution < 1.29 is 0 Å². The van der Waals surface area contributed by atoms with Gasteiger partial charge in [0.1, 0.15) is 0 Å². The van der Waals surface area contributed by atoms with Crippen molar-refractivity contribution >= 4 is 0 Å². The molecule has 0 aliphatic heterocycles. The van der Waals surface area contributed by atoms with E-state index in [0.29, 0.717) is 0 Å². The summed E-state index contributed by atoms with van der Waals surface area (Å²) in [5.41, 5.74) is 9.41. The van der Waals surface area contributed by atoms with Crippen molar-refractivity contribution in [2.75, 3.05) is 0 Å². The van der Waals surface area contributed by atoms with Gasteiger partial charge in [0.15, 0.2) is 0 Å². The standard InChI is InChI=1S/C8H15N3/c1-7(2)5-4-6-8(3)10-11-9/h5,8H,4,6H2,1-3H3. The van der Waals surface area contributed by atoms with Gasteiger partial charge in [-0.15, -0.1) is 0 Å². The Labute approximate surface area is 67.7 Å². The third-order valence-corrected chi connectivity index (χ3v) is 1.39. The highest BCUT2D eigenvalue weighted by Crippen LogP contribution is 2.03. The fraction of sp³-hybridized carbons (Fsp3) is 0.750. The summed E-state index contributed by atoms with van der Waals surface area (Å²) in [4.78, 5) is 2.74. The lowest BCUT2D eigenvalue weighted by atomic mass is 10.1. The van der Waals surface area contributed by atoms with Crippen molar-refractivity contribution in [3.05, 3.63) is 22.1 Å². The maximum Gasteiger partial charge on any atom is 0.0348 e. The van der Waals surface area contributed by atoms with E-state index in [1.807, 2.05) is 6.92 Å². The average Bonchev–Trinajstić information content (AvgIpc) is 1.87. The summed E-state index contributed by atoms with van der Waals surface area (Å²) in [5, 5.41) is 3.57. The van der Waals surface area contributed by atoms with Crippen LogP contribution in [-0.2, 0) is 0 Å². The second kappa shape index (κ2) is 5.81. The number of hydrogen-bond acceptors (Lipinski definition) is 1. The quantitative estimate of drug-likeness (QED) is 0.257. The number of allylic oxidation sites excluding steroid dienone is 2. The highest BCUT2D eigenvalue weighted by molar-refractivity contribution is 4.93. The van der Waals surface area contributed by atoms with Crippen LogP contribution in [0.4, 0.5) is 0 Å². The monoisotopic (exact) mass is 153 g/mol. The second-order valence-corrected chi connectivity index (χ2v) is 2.91. The number of hydrogen-bond donors (Lipinski definition) is 0. The Morgan fingerprint density at radius 3 is 2.73 bits per heavy atom. The van der Waals surface area contributed by atoms with Crippen LogP contribution >= 0.6 is 0 Å². The molecule has 0 fully saturated rings. The van der Waals surface area contributed by atoms with Gasteiger partial charge in [0.05, 0.1) is 0 Å². The third-order valence-electron chi connectivity index (χ3n) is 1.39. The van der Waals surface area contributed by atoms with Gasteiger partial charge < -0.3 is 0 Å². The van der Waals surface area contributed by atoms with Crippen LogP contribution in [0.5, 0.6) is 0 Å². The molecule has 11 heavy (non-hydrogen) atoms. The summed E-state index contributed by atoms with van der Waals surface area (Å²) >= 11 is 0. The maximum atomic E-state index is 8.09. The van der Waals surface area contributed by atoms with E-state index in [2.05, 4.69) is 29.9 Å². The van der Waals surface area contributed by atoms with Crippen molar-refractivity contribution in [1.82, 2.24) is 0 Å². The lowest BCUT2D eigenvalue weighted by molar-refractivity contribution is 0.670. The molecule has 1 unspecified atom stereocenters. The zero-order chi connectivity index (χ0) is 8.69. The van der Waals surface area contributed by atoms with Gasteiger partial charge in [-0.3, -0.25) is 0 Å². The first kappa shape index (κ1) is 10.0. The Hall–Kier alpha value is -0.950. The Morgan fingerprint density at radius 2 is 2.27 bits per heavy atom. The van der Waals surface area contributed by atoms with E-state index < -0.39 is 0 Å². The molecule has 0 aromatic rings. The molecule has 0 bridgehead atoms. The average molecular weight is 153 g/mol. The van der Waals surface area contributed by atoms with Gasteiger partial charge in [-0.1, -0.05) is 23.7 Å². The van der Waals surface area contributed by atoms with E-state index in [0.717, 1.165) is 12.8 Å². The van der Waals surface area contributed by atoms with Gasteiger partial charge >= 0.3 is 0 Å². The molecular formula is C8H15N3. The number of rotatable bonds is 4. The molecule has 3 nitrogen and oxygen atoms in total. The minimum Gasteiger partial charge on any atom is -0.0909 e. The maximum absolute atomic E-state index is 8.09. The molecule has 0 amide bonds. The molecule has 0 rings (SSSR count). The van der Waals surface area contributed by atoms with Crippen LogP contribution in [0.1, 0.15) is 33.6 Å². The summed E-state index contributed by atoms with van der Waals surface area (Å²) in [7, 11) is 0. The van der Waals surface area contributed by atoms with Gasteiger partial charge in [-0.05, 0) is 32.2 Å². The SMILES string of the molecule is CC(C)=CCCC(C)N=[N+]=[N-]. The molecule has 0 aliphatic carbocycles. The van der Waals surface area contributed by atoms with Crippen molar-refractivity contribution in [1.29, 1.82) is 0 Å². The molecule has 0 spiro atoms. The number of nitrogens with zero attached hydrogens (tertiary/aromatic N) is 3. The molecule has 0 saturated heterocycles. The lowest BCUT2D eigenvalue weighted by Crippen LogP contribution is -1.93. The van der Waals surface area contributed by atoms with Gasteiger partial charge in [-0.25, -0.2) is 0 Å². The Morgan fingerprint density at radius 1 is 1.64 bits per heavy atom. The van der Waals surface area contributed by atoms with Crippen molar-refractivity contribution in [3.63, 3.8) is 0 Å². The normalized spacial score (nSPS) is 11.5. The van der Waals surface area contributed by atoms with E-state index in [4.69, 9.17) is 5.53 Å². The van der Waals surface area contributed by atoms with Crippen molar-refractivity contribution in [2.45, 2.75) is 39.7 Å². The fourth-order valence-electron chi connectivity index (χ4n) is 0.759. The fourth-order valence-corrected chi connectivity index (χ4v) is 0.759. The molecule has 0 saturated carbocycles. The van der Waals surface area contributed by atoms with Crippen LogP contribution in [0.2, 0.25) is 0 Å². The first-order valence-electron chi connectivity index (χ1n) is 3.84. The van der Waals surface area contributed by atoms with Crippen molar-refractivity contribution in [2.24, 2.45) is 5.11 Å². The van der Waals surface area contributed by atoms with Gasteiger partial charge in [0, 0.05) is 11.0 Å². The topological polar surface area (TPSA) is 48.8 Å². The van der Waals surface area contributed by atoms with Crippen LogP contribution in [-0.4, -0.2) is 6.04 Å². The molecule has 0 N–H and O–H groups in total. The molecule has 0 aromatic heterocycles. The van der Waals surface area contributed by atoms with E-state index in [1.165, 1.54) is 5.57 Å². The smallest absolute Gasteiger partial charge is 0.0348 e. The zero-order valence-corrected chi connectivity index (χ0v) is 7.41. The molecule has 62 valence electrons. The number of azide groups is 1. The summed E-state index contributed by atoms with van der Waals surface area (Å²) in [6.45, 7) is 6.06. The molecule has 0 heterocycles. The molecule has 0 aromatic carbocycles. The van der Waals surface area contributed by atoms with E-state index in [-0.39, 0.29) is 6.04 Å². The van der Waals surface area contributed by atoms with Crippen LogP contribution < -0.4 is 0 Å². The minimum absolute atomic E-state index is 0.121. The Bertz CT molecular complexity index is 174. The van der Waals surface area contributed by atoms with Gasteiger partial charge in [0.2, 0.25) is 0 Å². The Balaban J connectivity index is 3.54. The second-order valence-electron chi connectivity index (χ2n) is 2.91. The minimum atomic E-state index is 0.121. The van der Waals surface area contributed by atoms with Crippen molar-refractivity contribution in [3.8, 4) is 0 Å². The van der Waals surface area contributed by atoms with Crippen LogP contribution in [0.3, 0.4) is 0 Å². The summed E-state index contributed by atoms with van der Waals surface area (Å²) < 4.78 is 0. The highest BCUT2D eigenvalue weighted by atomic mass is 15.1. The van der Waals surface area contributed by atoms with Crippen LogP contribution in [0.25, 0.3) is 10.4 Å². The van der Waals surface area contributed by atoms with Gasteiger partial charge in [0.25, 0.3) is 0 Å². The molecule has 0 aliphatic rings. The first-order chi connectivity index (χ1) is 5.16. The third kappa shape index (κ3) is 6.94. The van der Waals surface area contributed by atoms with Crippen LogP contribution in [0.15, 0.2) is 16.8 Å². The highest BCUT2D eigenvalue weighted by Gasteiger charge is 1.94. The first-order valence-corrected chi connectivity index (χ1v) is 3.84. The Kier molecular flexibility index (Phi) is 5.30. The molecule has 3 heteroatoms. The lowest BCUT2D eigenvalue weighted by Gasteiger charge is -1.99. The molecule has 1 atom stereocenters. The summed E-state index contributed by atoms with van der Waals surface area (Å²) in [6, 6.07) is 0.121. The van der Waals surface area contributed by atoms with E-state index in [1.54, 1.807) is 0 Å². The molecular weight excluding hydrogens is 138 g/mol. The predicted molar refractivity (Wildman–Crippen MR) is 47.3 cm³/mol. The summed E-state index contributed by atoms with van der Waals surface area (Å²) in [6.07, 6.45) is 4.10. The largest absolute Gasteiger partial charge is 0.0909 e. The van der Waals surface area contributed by atoms with E-state index >= 15 is 0 Å². The van der Waals surface area contributed by atoms with Crippen LogP contribution in [0, 0.1) is 0 Å². The zero-order valence-electron chi connectivity index (χ0n) is 7.41. The molecule has 0 radical (unpaired) electrons. The van der Waals surface area contributed by atoms with Gasteiger partial charge in [-0.2, -0.15) is 0 Å². The van der Waals surface area contributed by atoms with E-state index in [9.17, 15) is 0 Å². The summed E-state index contributed by atoms with van der Waals surface area (Å²) in [5.74, 6) is 0.